The average Bonchev–Trinajstić information content (AvgIpc) is 2.97. The third kappa shape index (κ3) is 2.72. The number of pyridine rings is 1. The molecule has 5 nitrogen and oxygen atoms in total. The Morgan fingerprint density at radius 2 is 2.04 bits per heavy atom. The van der Waals surface area contributed by atoms with Crippen molar-refractivity contribution >= 4 is 20.6 Å². The van der Waals surface area contributed by atoms with E-state index < -0.39 is 15.5 Å². The van der Waals surface area contributed by atoms with Gasteiger partial charge >= 0.3 is 0 Å². The van der Waals surface area contributed by atoms with Crippen LogP contribution in [0.4, 0.5) is 4.39 Å². The number of fused-ring (bicyclic) bond motifs is 1. The van der Waals surface area contributed by atoms with Gasteiger partial charge in [0.25, 0.3) is 0 Å². The summed E-state index contributed by atoms with van der Waals surface area (Å²) < 4.78 is 32.0. The predicted molar refractivity (Wildman–Crippen MR) is 88.7 cm³/mol. The lowest BCUT2D eigenvalue weighted by Crippen LogP contribution is -2.13. The third-order valence-electron chi connectivity index (χ3n) is 3.68. The van der Waals surface area contributed by atoms with Gasteiger partial charge in [-0.15, -0.1) is 0 Å². The first kappa shape index (κ1) is 15.6. The minimum atomic E-state index is -2.46. The number of hydrogen-bond donors (Lipinski definition) is 0. The second kappa shape index (κ2) is 5.73. The molecule has 0 fully saturated rings. The molecule has 1 aromatic carbocycles. The van der Waals surface area contributed by atoms with Crippen LogP contribution in [0.1, 0.15) is 13.8 Å². The van der Waals surface area contributed by atoms with Crippen LogP contribution >= 0.6 is 0 Å². The SMILES string of the molecule is CN=S(=O)(c1ccc2nn(-c3cncc(F)c3)cc2c1)C(C)C. The Bertz CT molecular complexity index is 987. The number of nitrogens with zero attached hydrogens (tertiary/aromatic N) is 4. The molecular formula is C16H17FN4OS. The second-order valence-corrected chi connectivity index (χ2v) is 8.37. The van der Waals surface area contributed by atoms with Crippen molar-refractivity contribution in [2.24, 2.45) is 4.36 Å². The maximum atomic E-state index is 13.3. The van der Waals surface area contributed by atoms with E-state index in [0.29, 0.717) is 10.6 Å². The molecule has 0 aliphatic heterocycles. The minimum Gasteiger partial charge on any atom is -0.259 e. The van der Waals surface area contributed by atoms with Gasteiger partial charge in [0.15, 0.2) is 0 Å². The van der Waals surface area contributed by atoms with E-state index in [-0.39, 0.29) is 5.25 Å². The molecule has 0 saturated carbocycles. The summed E-state index contributed by atoms with van der Waals surface area (Å²) in [6.07, 6.45) is 4.45. The van der Waals surface area contributed by atoms with Crippen molar-refractivity contribution < 1.29 is 8.60 Å². The summed E-state index contributed by atoms with van der Waals surface area (Å²) in [4.78, 5) is 4.51. The van der Waals surface area contributed by atoms with Gasteiger partial charge < -0.3 is 0 Å². The molecule has 0 aliphatic rings. The average molecular weight is 332 g/mol. The molecule has 3 rings (SSSR count). The maximum absolute atomic E-state index is 13.3. The number of benzene rings is 1. The Hall–Kier alpha value is -2.28. The molecule has 0 N–H and O–H groups in total. The van der Waals surface area contributed by atoms with Crippen LogP contribution in [0.3, 0.4) is 0 Å². The number of hydrogen-bond acceptors (Lipinski definition) is 4. The molecule has 2 aromatic heterocycles. The van der Waals surface area contributed by atoms with Crippen molar-refractivity contribution in [3.8, 4) is 5.69 Å². The van der Waals surface area contributed by atoms with Crippen LogP contribution < -0.4 is 0 Å². The highest BCUT2D eigenvalue weighted by molar-refractivity contribution is 7.94. The monoisotopic (exact) mass is 332 g/mol. The first-order chi connectivity index (χ1) is 10.9. The highest BCUT2D eigenvalue weighted by atomic mass is 32.2. The van der Waals surface area contributed by atoms with Gasteiger partial charge in [0.05, 0.1) is 33.3 Å². The first-order valence-corrected chi connectivity index (χ1v) is 8.76. The van der Waals surface area contributed by atoms with E-state index >= 15 is 0 Å². The van der Waals surface area contributed by atoms with Crippen molar-refractivity contribution in [2.75, 3.05) is 7.05 Å². The molecule has 2 heterocycles. The fourth-order valence-electron chi connectivity index (χ4n) is 2.43. The smallest absolute Gasteiger partial charge is 0.143 e. The van der Waals surface area contributed by atoms with E-state index in [0.717, 1.165) is 17.1 Å². The third-order valence-corrected chi connectivity index (χ3v) is 6.43. The molecule has 3 aromatic rings. The number of aromatic nitrogens is 3. The molecule has 23 heavy (non-hydrogen) atoms. The van der Waals surface area contributed by atoms with Crippen LogP contribution in [0.2, 0.25) is 0 Å². The summed E-state index contributed by atoms with van der Waals surface area (Å²) in [6, 6.07) is 6.79. The zero-order chi connectivity index (χ0) is 16.6. The first-order valence-electron chi connectivity index (χ1n) is 7.18. The zero-order valence-corrected chi connectivity index (χ0v) is 13.9. The van der Waals surface area contributed by atoms with Crippen LogP contribution in [0, 0.1) is 5.82 Å². The predicted octanol–water partition coefficient (Wildman–Crippen LogP) is 3.42. The molecule has 1 unspecified atom stereocenters. The normalized spacial score (nSPS) is 14.1. The molecule has 0 amide bonds. The Labute approximate surface area is 134 Å². The molecule has 0 radical (unpaired) electrons. The lowest BCUT2D eigenvalue weighted by molar-refractivity contribution is 0.618. The second-order valence-electron chi connectivity index (χ2n) is 5.46. The summed E-state index contributed by atoms with van der Waals surface area (Å²) in [5.41, 5.74) is 1.27. The minimum absolute atomic E-state index is 0.0904. The Morgan fingerprint density at radius 1 is 1.26 bits per heavy atom. The van der Waals surface area contributed by atoms with Crippen LogP contribution in [0.5, 0.6) is 0 Å². The van der Waals surface area contributed by atoms with E-state index in [1.54, 1.807) is 30.1 Å². The van der Waals surface area contributed by atoms with Gasteiger partial charge in [-0.1, -0.05) is 0 Å². The molecule has 0 spiro atoms. The molecule has 0 aliphatic carbocycles. The van der Waals surface area contributed by atoms with Gasteiger partial charge in [0.2, 0.25) is 0 Å². The van der Waals surface area contributed by atoms with E-state index in [1.165, 1.54) is 12.3 Å². The lowest BCUT2D eigenvalue weighted by atomic mass is 10.3. The summed E-state index contributed by atoms with van der Waals surface area (Å²) in [6.45, 7) is 3.78. The van der Waals surface area contributed by atoms with Crippen LogP contribution in [-0.2, 0) is 9.73 Å². The summed E-state index contributed by atoms with van der Waals surface area (Å²) in [7, 11) is -0.882. The van der Waals surface area contributed by atoms with Crippen molar-refractivity contribution in [3.63, 3.8) is 0 Å². The molecule has 7 heteroatoms. The number of halogens is 1. The topological polar surface area (TPSA) is 60.1 Å². The number of rotatable bonds is 3. The summed E-state index contributed by atoms with van der Waals surface area (Å²) >= 11 is 0. The van der Waals surface area contributed by atoms with E-state index in [4.69, 9.17) is 0 Å². The summed E-state index contributed by atoms with van der Waals surface area (Å²) in [5.74, 6) is -0.421. The van der Waals surface area contributed by atoms with E-state index in [9.17, 15) is 8.60 Å². The quantitative estimate of drug-likeness (QED) is 0.738. The Morgan fingerprint density at radius 3 is 2.70 bits per heavy atom. The van der Waals surface area contributed by atoms with Crippen LogP contribution in [0.15, 0.2) is 52.1 Å². The Balaban J connectivity index is 2.14. The van der Waals surface area contributed by atoms with Crippen LogP contribution in [-0.4, -0.2) is 31.3 Å². The fourth-order valence-corrected chi connectivity index (χ4v) is 4.17. The molecular weight excluding hydrogens is 315 g/mol. The molecule has 1 atom stereocenters. The largest absolute Gasteiger partial charge is 0.259 e. The molecule has 0 bridgehead atoms. The highest BCUT2D eigenvalue weighted by Gasteiger charge is 2.17. The fraction of sp³-hybridized carbons (Fsp3) is 0.250. The van der Waals surface area contributed by atoms with Gasteiger partial charge in [-0.05, 0) is 32.0 Å². The van der Waals surface area contributed by atoms with Gasteiger partial charge in [-0.2, -0.15) is 5.10 Å². The van der Waals surface area contributed by atoms with Crippen LogP contribution in [0.25, 0.3) is 16.6 Å². The van der Waals surface area contributed by atoms with Gasteiger partial charge in [-0.3, -0.25) is 4.98 Å². The van der Waals surface area contributed by atoms with E-state index in [1.807, 2.05) is 19.9 Å². The highest BCUT2D eigenvalue weighted by Crippen LogP contribution is 2.24. The van der Waals surface area contributed by atoms with Crippen molar-refractivity contribution in [3.05, 3.63) is 48.7 Å². The van der Waals surface area contributed by atoms with Gasteiger partial charge in [-0.25, -0.2) is 17.6 Å². The van der Waals surface area contributed by atoms with Crippen molar-refractivity contribution in [2.45, 2.75) is 24.0 Å². The Kier molecular flexibility index (Phi) is 3.89. The zero-order valence-electron chi connectivity index (χ0n) is 13.1. The maximum Gasteiger partial charge on any atom is 0.143 e. The molecule has 120 valence electrons. The van der Waals surface area contributed by atoms with Gasteiger partial charge in [0, 0.05) is 34.8 Å². The van der Waals surface area contributed by atoms with Crippen molar-refractivity contribution in [1.82, 2.24) is 14.8 Å². The van der Waals surface area contributed by atoms with E-state index in [2.05, 4.69) is 14.4 Å². The molecule has 0 saturated heterocycles. The van der Waals surface area contributed by atoms with Crippen molar-refractivity contribution in [1.29, 1.82) is 0 Å². The summed E-state index contributed by atoms with van der Waals surface area (Å²) in [5, 5.41) is 5.14. The lowest BCUT2D eigenvalue weighted by Gasteiger charge is -2.13. The standard InChI is InChI=1S/C16H17FN4OS/c1-11(2)23(22,18-3)15-4-5-16-12(6-15)10-21(20-16)14-7-13(17)8-19-9-14/h4-11H,1-3H3. The van der Waals surface area contributed by atoms with Gasteiger partial charge in [0.1, 0.15) is 5.82 Å².